The van der Waals surface area contributed by atoms with E-state index in [1.165, 1.54) is 6.08 Å². The van der Waals surface area contributed by atoms with E-state index >= 15 is 0 Å². The summed E-state index contributed by atoms with van der Waals surface area (Å²) in [5.41, 5.74) is 6.58. The van der Waals surface area contributed by atoms with Gasteiger partial charge in [-0.2, -0.15) is 0 Å². The number of halogens is 1. The first-order valence-electron chi connectivity index (χ1n) is 5.14. The van der Waals surface area contributed by atoms with Crippen LogP contribution in [0.2, 0.25) is 0 Å². The van der Waals surface area contributed by atoms with Crippen LogP contribution in [0.1, 0.15) is 6.92 Å². The Morgan fingerprint density at radius 3 is 3.00 bits per heavy atom. The molecule has 0 spiro atoms. The van der Waals surface area contributed by atoms with Gasteiger partial charge < -0.3 is 10.5 Å². The van der Waals surface area contributed by atoms with E-state index in [1.54, 1.807) is 24.8 Å². The summed E-state index contributed by atoms with van der Waals surface area (Å²) < 4.78 is 5.73. The molecule has 0 bridgehead atoms. The molecule has 0 radical (unpaired) electrons. The highest BCUT2D eigenvalue weighted by atomic mass is 79.9. The number of esters is 1. The van der Waals surface area contributed by atoms with Crippen LogP contribution in [0.3, 0.4) is 0 Å². The van der Waals surface area contributed by atoms with Crippen LogP contribution in [0.25, 0.3) is 0 Å². The number of anilines is 1. The zero-order valence-electron chi connectivity index (χ0n) is 9.48. The average Bonchev–Trinajstić information content (AvgIpc) is 2.27. The predicted molar refractivity (Wildman–Crippen MR) is 75.1 cm³/mol. The maximum absolute atomic E-state index is 11.0. The zero-order chi connectivity index (χ0) is 12.7. The highest BCUT2D eigenvalue weighted by Gasteiger charge is 1.99. The van der Waals surface area contributed by atoms with Crippen molar-refractivity contribution in [3.8, 4) is 0 Å². The first kappa shape index (κ1) is 14.1. The van der Waals surface area contributed by atoms with E-state index in [-0.39, 0.29) is 5.97 Å². The number of nitrogens with two attached hydrogens (primary N) is 1. The Labute approximate surface area is 114 Å². The van der Waals surface area contributed by atoms with Crippen LogP contribution < -0.4 is 5.73 Å². The van der Waals surface area contributed by atoms with E-state index in [4.69, 9.17) is 10.5 Å². The number of hydrogen-bond acceptors (Lipinski definition) is 4. The number of thioether (sulfide) groups is 1. The van der Waals surface area contributed by atoms with Gasteiger partial charge in [0, 0.05) is 26.9 Å². The standard InChI is InChI=1S/C12H14BrNO2S/c1-2-16-12(15)4-3-7-17-11-6-5-9(13)8-10(11)14/h3-6,8H,2,7,14H2,1H3/b4-3+. The zero-order valence-corrected chi connectivity index (χ0v) is 11.9. The minimum atomic E-state index is -0.308. The second kappa shape index (κ2) is 7.40. The fourth-order valence-corrected chi connectivity index (χ4v) is 2.26. The normalized spacial score (nSPS) is 10.7. The highest BCUT2D eigenvalue weighted by Crippen LogP contribution is 2.27. The third kappa shape index (κ3) is 5.28. The Morgan fingerprint density at radius 1 is 1.59 bits per heavy atom. The van der Waals surface area contributed by atoms with Crippen molar-refractivity contribution in [1.29, 1.82) is 0 Å². The number of nitrogen functional groups attached to an aromatic ring is 1. The molecule has 0 atom stereocenters. The van der Waals surface area contributed by atoms with E-state index in [2.05, 4.69) is 15.9 Å². The molecule has 3 nitrogen and oxygen atoms in total. The van der Waals surface area contributed by atoms with Crippen LogP contribution in [-0.4, -0.2) is 18.3 Å². The topological polar surface area (TPSA) is 52.3 Å². The number of hydrogen-bond donors (Lipinski definition) is 1. The lowest BCUT2D eigenvalue weighted by molar-refractivity contribution is -0.137. The number of carbonyl (C=O) groups excluding carboxylic acids is 1. The van der Waals surface area contributed by atoms with Gasteiger partial charge >= 0.3 is 5.97 Å². The van der Waals surface area contributed by atoms with Crippen molar-refractivity contribution in [1.82, 2.24) is 0 Å². The van der Waals surface area contributed by atoms with E-state index in [0.717, 1.165) is 15.1 Å². The van der Waals surface area contributed by atoms with Gasteiger partial charge in [0.15, 0.2) is 0 Å². The Bertz CT molecular complexity index is 421. The van der Waals surface area contributed by atoms with Crippen LogP contribution in [0, 0.1) is 0 Å². The minimum Gasteiger partial charge on any atom is -0.463 e. The van der Waals surface area contributed by atoms with Gasteiger partial charge in [-0.1, -0.05) is 22.0 Å². The van der Waals surface area contributed by atoms with Gasteiger partial charge in [-0.15, -0.1) is 11.8 Å². The van der Waals surface area contributed by atoms with E-state index in [1.807, 2.05) is 18.2 Å². The fraction of sp³-hybridized carbons (Fsp3) is 0.250. The molecular formula is C12H14BrNO2S. The number of carbonyl (C=O) groups is 1. The maximum atomic E-state index is 11.0. The summed E-state index contributed by atoms with van der Waals surface area (Å²) in [6.45, 7) is 2.18. The molecule has 0 aromatic heterocycles. The van der Waals surface area contributed by atoms with Crippen LogP contribution >= 0.6 is 27.7 Å². The van der Waals surface area contributed by atoms with Crippen molar-refractivity contribution < 1.29 is 9.53 Å². The summed E-state index contributed by atoms with van der Waals surface area (Å²) in [6.07, 6.45) is 3.20. The number of rotatable bonds is 5. The molecule has 2 N–H and O–H groups in total. The molecule has 1 rings (SSSR count). The molecule has 0 amide bonds. The molecule has 0 saturated heterocycles. The van der Waals surface area contributed by atoms with E-state index in [0.29, 0.717) is 12.4 Å². The molecule has 17 heavy (non-hydrogen) atoms. The summed E-state index contributed by atoms with van der Waals surface area (Å²) in [5, 5.41) is 0. The molecule has 1 aromatic rings. The molecule has 1 aromatic carbocycles. The minimum absolute atomic E-state index is 0.308. The summed E-state index contributed by atoms with van der Waals surface area (Å²) in [5.74, 6) is 0.377. The summed E-state index contributed by atoms with van der Waals surface area (Å²) >= 11 is 4.93. The lowest BCUT2D eigenvalue weighted by Gasteiger charge is -2.03. The fourth-order valence-electron chi connectivity index (χ4n) is 1.12. The summed E-state index contributed by atoms with van der Waals surface area (Å²) in [4.78, 5) is 12.0. The van der Waals surface area contributed by atoms with Gasteiger partial charge in [0.2, 0.25) is 0 Å². The van der Waals surface area contributed by atoms with Gasteiger partial charge in [0.1, 0.15) is 0 Å². The molecular weight excluding hydrogens is 302 g/mol. The molecule has 0 aliphatic carbocycles. The van der Waals surface area contributed by atoms with Crippen LogP contribution in [-0.2, 0) is 9.53 Å². The lowest BCUT2D eigenvalue weighted by Crippen LogP contribution is -1.98. The second-order valence-corrected chi connectivity index (χ2v) is 5.13. The smallest absolute Gasteiger partial charge is 0.330 e. The molecule has 0 aliphatic rings. The van der Waals surface area contributed by atoms with Gasteiger partial charge in [-0.3, -0.25) is 0 Å². The van der Waals surface area contributed by atoms with Crippen molar-refractivity contribution in [2.45, 2.75) is 11.8 Å². The highest BCUT2D eigenvalue weighted by molar-refractivity contribution is 9.10. The summed E-state index contributed by atoms with van der Waals surface area (Å²) in [7, 11) is 0. The van der Waals surface area contributed by atoms with Crippen molar-refractivity contribution in [2.24, 2.45) is 0 Å². The average molecular weight is 316 g/mol. The SMILES string of the molecule is CCOC(=O)/C=C/CSc1ccc(Br)cc1N. The molecule has 0 fully saturated rings. The number of benzene rings is 1. The molecule has 0 unspecified atom stereocenters. The maximum Gasteiger partial charge on any atom is 0.330 e. The molecule has 0 aliphatic heterocycles. The molecule has 92 valence electrons. The Balaban J connectivity index is 2.43. The van der Waals surface area contributed by atoms with E-state index in [9.17, 15) is 4.79 Å². The summed E-state index contributed by atoms with van der Waals surface area (Å²) in [6, 6.07) is 5.74. The quantitative estimate of drug-likeness (QED) is 0.392. The molecule has 0 heterocycles. The third-order valence-corrected chi connectivity index (χ3v) is 3.38. The Morgan fingerprint density at radius 2 is 2.35 bits per heavy atom. The third-order valence-electron chi connectivity index (χ3n) is 1.85. The first-order chi connectivity index (χ1) is 8.13. The number of ether oxygens (including phenoxy) is 1. The van der Waals surface area contributed by atoms with Crippen LogP contribution in [0.5, 0.6) is 0 Å². The molecule has 5 heteroatoms. The van der Waals surface area contributed by atoms with Gasteiger partial charge in [0.25, 0.3) is 0 Å². The van der Waals surface area contributed by atoms with Crippen molar-refractivity contribution in [2.75, 3.05) is 18.1 Å². The first-order valence-corrected chi connectivity index (χ1v) is 6.92. The van der Waals surface area contributed by atoms with Gasteiger partial charge in [-0.25, -0.2) is 4.79 Å². The van der Waals surface area contributed by atoms with Gasteiger partial charge in [0.05, 0.1) is 6.61 Å². The molecule has 0 saturated carbocycles. The van der Waals surface area contributed by atoms with Crippen molar-refractivity contribution in [3.05, 3.63) is 34.8 Å². The van der Waals surface area contributed by atoms with Crippen LogP contribution in [0.15, 0.2) is 39.7 Å². The predicted octanol–water partition coefficient (Wildman–Crippen LogP) is 3.24. The van der Waals surface area contributed by atoms with Gasteiger partial charge in [-0.05, 0) is 25.1 Å². The monoisotopic (exact) mass is 315 g/mol. The van der Waals surface area contributed by atoms with Crippen molar-refractivity contribution >= 4 is 39.3 Å². The lowest BCUT2D eigenvalue weighted by atomic mass is 10.3. The largest absolute Gasteiger partial charge is 0.463 e. The van der Waals surface area contributed by atoms with Crippen LogP contribution in [0.4, 0.5) is 5.69 Å². The Hall–Kier alpha value is -0.940. The second-order valence-electron chi connectivity index (χ2n) is 3.15. The Kier molecular flexibility index (Phi) is 6.15. The van der Waals surface area contributed by atoms with E-state index < -0.39 is 0 Å². The van der Waals surface area contributed by atoms with Crippen molar-refractivity contribution in [3.63, 3.8) is 0 Å².